The maximum absolute atomic E-state index is 13.4. The molecule has 3 aromatic rings. The zero-order valence-electron chi connectivity index (χ0n) is 19.5. The fraction of sp³-hybridized carbons (Fsp3) is 0.310. The van der Waals surface area contributed by atoms with Crippen molar-refractivity contribution in [2.75, 3.05) is 16.8 Å². The van der Waals surface area contributed by atoms with Gasteiger partial charge < -0.3 is 10.4 Å². The Morgan fingerprint density at radius 3 is 2.40 bits per heavy atom. The maximum Gasteiger partial charge on any atom is 0.326 e. The van der Waals surface area contributed by atoms with Crippen LogP contribution in [0.15, 0.2) is 66.7 Å². The van der Waals surface area contributed by atoms with Crippen LogP contribution in [-0.2, 0) is 11.2 Å². The summed E-state index contributed by atoms with van der Waals surface area (Å²) < 4.78 is 13.4. The first-order valence-electron chi connectivity index (χ1n) is 12.3. The molecule has 1 heterocycles. The lowest BCUT2D eigenvalue weighted by Crippen LogP contribution is -2.33. The second-order valence-electron chi connectivity index (χ2n) is 9.62. The van der Waals surface area contributed by atoms with E-state index in [1.165, 1.54) is 17.7 Å². The number of aliphatic carboxylic acids is 1. The van der Waals surface area contributed by atoms with Gasteiger partial charge in [0, 0.05) is 24.3 Å². The number of hydrogen-bond donors (Lipinski definition) is 2. The number of carboxylic acid groups (broad SMARTS) is 1. The number of fused-ring (bicyclic) bond motifs is 1. The highest BCUT2D eigenvalue weighted by atomic mass is 19.1. The Morgan fingerprint density at radius 1 is 0.943 bits per heavy atom. The predicted molar refractivity (Wildman–Crippen MR) is 135 cm³/mol. The van der Waals surface area contributed by atoms with E-state index < -0.39 is 5.97 Å². The number of benzene rings is 3. The van der Waals surface area contributed by atoms with Crippen LogP contribution in [0.3, 0.4) is 0 Å². The molecule has 1 aliphatic carbocycles. The number of hydrogen-bond acceptors (Lipinski definition) is 2. The van der Waals surface area contributed by atoms with Crippen LogP contribution < -0.4 is 10.2 Å². The Bertz CT molecular complexity index is 1230. The van der Waals surface area contributed by atoms with Gasteiger partial charge in [0.25, 0.3) is 0 Å². The van der Waals surface area contributed by atoms with Gasteiger partial charge >= 0.3 is 12.0 Å². The topological polar surface area (TPSA) is 69.6 Å². The number of halogens is 1. The molecule has 0 spiro atoms. The van der Waals surface area contributed by atoms with Crippen LogP contribution >= 0.6 is 0 Å². The average Bonchev–Trinajstić information content (AvgIpc) is 3.28. The lowest BCUT2D eigenvalue weighted by Gasteiger charge is -2.28. The van der Waals surface area contributed by atoms with Crippen LogP contribution in [0.4, 0.5) is 20.6 Å². The summed E-state index contributed by atoms with van der Waals surface area (Å²) in [5, 5.41) is 11.8. The van der Waals surface area contributed by atoms with Crippen molar-refractivity contribution in [3.8, 4) is 11.1 Å². The molecule has 0 radical (unpaired) electrons. The van der Waals surface area contributed by atoms with Crippen LogP contribution in [0.5, 0.6) is 0 Å². The molecule has 6 heteroatoms. The zero-order chi connectivity index (χ0) is 24.4. The number of nitrogens with zero attached hydrogens (tertiary/aromatic N) is 1. The highest BCUT2D eigenvalue weighted by Crippen LogP contribution is 2.38. The van der Waals surface area contributed by atoms with Crippen molar-refractivity contribution < 1.29 is 19.1 Å². The molecule has 5 rings (SSSR count). The summed E-state index contributed by atoms with van der Waals surface area (Å²) in [6, 6.07) is 20.5. The third-order valence-corrected chi connectivity index (χ3v) is 7.32. The minimum atomic E-state index is -0.692. The number of anilines is 2. The molecule has 180 valence electrons. The summed E-state index contributed by atoms with van der Waals surface area (Å²) in [6.45, 7) is 0.587. The molecule has 35 heavy (non-hydrogen) atoms. The van der Waals surface area contributed by atoms with Crippen molar-refractivity contribution >= 4 is 23.4 Å². The zero-order valence-corrected chi connectivity index (χ0v) is 19.5. The van der Waals surface area contributed by atoms with Gasteiger partial charge in [0.05, 0.1) is 0 Å². The highest BCUT2D eigenvalue weighted by Gasteiger charge is 2.26. The second kappa shape index (κ2) is 9.90. The molecule has 5 nitrogen and oxygen atoms in total. The molecular formula is C29H29FN2O3. The molecule has 0 bridgehead atoms. The van der Waals surface area contributed by atoms with Crippen molar-refractivity contribution in [2.45, 2.75) is 44.4 Å². The molecule has 2 amide bonds. The molecule has 3 aromatic carbocycles. The van der Waals surface area contributed by atoms with E-state index in [9.17, 15) is 14.0 Å². The standard InChI is InChI=1S/C29H29FN2O3/c30-25-2-1-3-26(18-25)31-29(35)32-15-14-24-17-23(12-13-27(24)32)22-10-8-21(9-11-22)20-6-4-19(5-7-20)16-28(33)34/h1-3,8-13,17-20H,4-7,14-16H2,(H,31,35)(H,33,34)/t19-,20-. The smallest absolute Gasteiger partial charge is 0.326 e. The van der Waals surface area contributed by atoms with Crippen LogP contribution in [0, 0.1) is 11.7 Å². The molecule has 1 aliphatic heterocycles. The van der Waals surface area contributed by atoms with Gasteiger partial charge in [-0.1, -0.05) is 36.4 Å². The van der Waals surface area contributed by atoms with Crippen molar-refractivity contribution in [1.82, 2.24) is 0 Å². The van der Waals surface area contributed by atoms with E-state index in [0.29, 0.717) is 24.1 Å². The van der Waals surface area contributed by atoms with Crippen LogP contribution in [-0.4, -0.2) is 23.7 Å². The number of urea groups is 1. The molecular weight excluding hydrogens is 443 g/mol. The van der Waals surface area contributed by atoms with Gasteiger partial charge in [-0.25, -0.2) is 9.18 Å². The molecule has 0 aromatic heterocycles. The highest BCUT2D eigenvalue weighted by molar-refractivity contribution is 6.03. The monoisotopic (exact) mass is 472 g/mol. The van der Waals surface area contributed by atoms with E-state index in [1.807, 2.05) is 12.1 Å². The molecule has 0 unspecified atom stereocenters. The summed E-state index contributed by atoms with van der Waals surface area (Å²) in [4.78, 5) is 25.4. The predicted octanol–water partition coefficient (Wildman–Crippen LogP) is 6.84. The number of carboxylic acids is 1. The number of rotatable bonds is 5. The van der Waals surface area contributed by atoms with Gasteiger partial charge in [-0.05, 0) is 96.5 Å². The molecule has 1 fully saturated rings. The lowest BCUT2D eigenvalue weighted by atomic mass is 9.77. The SMILES string of the molecule is O=C(O)C[C@H]1CC[C@H](c2ccc(-c3ccc4c(c3)CCN4C(=O)Nc3cccc(F)c3)cc2)CC1. The van der Waals surface area contributed by atoms with Gasteiger partial charge in [-0.15, -0.1) is 0 Å². The maximum atomic E-state index is 13.4. The van der Waals surface area contributed by atoms with Gasteiger partial charge in [0.1, 0.15) is 5.82 Å². The summed E-state index contributed by atoms with van der Waals surface area (Å²) in [7, 11) is 0. The van der Waals surface area contributed by atoms with E-state index >= 15 is 0 Å². The van der Waals surface area contributed by atoms with Crippen molar-refractivity contribution in [3.63, 3.8) is 0 Å². The molecule has 2 aliphatic rings. The van der Waals surface area contributed by atoms with Gasteiger partial charge in [-0.3, -0.25) is 9.69 Å². The fourth-order valence-electron chi connectivity index (χ4n) is 5.44. The Morgan fingerprint density at radius 2 is 1.69 bits per heavy atom. The Kier molecular flexibility index (Phi) is 6.53. The minimum absolute atomic E-state index is 0.260. The molecule has 0 atom stereocenters. The third kappa shape index (κ3) is 5.21. The Labute approximate surface area is 204 Å². The van der Waals surface area contributed by atoms with Crippen molar-refractivity contribution in [1.29, 1.82) is 0 Å². The lowest BCUT2D eigenvalue weighted by molar-refractivity contribution is -0.138. The Hall–Kier alpha value is -3.67. The summed E-state index contributed by atoms with van der Waals surface area (Å²) in [5.41, 5.74) is 6.03. The van der Waals surface area contributed by atoms with E-state index in [2.05, 4.69) is 35.6 Å². The van der Waals surface area contributed by atoms with Crippen LogP contribution in [0.25, 0.3) is 11.1 Å². The normalized spacial score (nSPS) is 19.3. The van der Waals surface area contributed by atoms with E-state index in [0.717, 1.165) is 54.5 Å². The van der Waals surface area contributed by atoms with E-state index in [4.69, 9.17) is 5.11 Å². The van der Waals surface area contributed by atoms with Gasteiger partial charge in [0.2, 0.25) is 0 Å². The van der Waals surface area contributed by atoms with E-state index in [1.54, 1.807) is 17.0 Å². The minimum Gasteiger partial charge on any atom is -0.481 e. The summed E-state index contributed by atoms with van der Waals surface area (Å²) in [5.74, 6) is -0.266. The molecule has 0 saturated heterocycles. The van der Waals surface area contributed by atoms with Crippen LogP contribution in [0.2, 0.25) is 0 Å². The quantitative estimate of drug-likeness (QED) is 0.427. The van der Waals surface area contributed by atoms with Gasteiger partial charge in [-0.2, -0.15) is 0 Å². The van der Waals surface area contributed by atoms with Crippen LogP contribution in [0.1, 0.15) is 49.1 Å². The van der Waals surface area contributed by atoms with E-state index in [-0.39, 0.29) is 18.3 Å². The largest absolute Gasteiger partial charge is 0.481 e. The number of amides is 2. The number of carbonyl (C=O) groups excluding carboxylic acids is 1. The summed E-state index contributed by atoms with van der Waals surface area (Å²) >= 11 is 0. The Balaban J connectivity index is 1.24. The van der Waals surface area contributed by atoms with Gasteiger partial charge in [0.15, 0.2) is 0 Å². The fourth-order valence-corrected chi connectivity index (χ4v) is 5.44. The van der Waals surface area contributed by atoms with Crippen molar-refractivity contribution in [3.05, 3.63) is 83.7 Å². The molecule has 1 saturated carbocycles. The third-order valence-electron chi connectivity index (χ3n) is 7.32. The number of carbonyl (C=O) groups is 2. The average molecular weight is 473 g/mol. The first kappa shape index (κ1) is 23.1. The second-order valence-corrected chi connectivity index (χ2v) is 9.62. The first-order valence-corrected chi connectivity index (χ1v) is 12.3. The molecule has 2 N–H and O–H groups in total. The number of nitrogens with one attached hydrogen (secondary N) is 1. The van der Waals surface area contributed by atoms with Crippen molar-refractivity contribution in [2.24, 2.45) is 5.92 Å². The first-order chi connectivity index (χ1) is 17.0. The summed E-state index contributed by atoms with van der Waals surface area (Å²) in [6.07, 6.45) is 5.11.